The maximum absolute atomic E-state index is 15.0. The predicted octanol–water partition coefficient (Wildman–Crippen LogP) is 4.48. The molecule has 5 fully saturated rings. The standard InChI is InChI=1S/C37H56ClN5O4/c1-25-8-14-28(15-9-25)43(36(46)33-7-6-20-47-33)29-21-32(35(45)40-18-16-39(5)17-19-40)42(22-29)34(44)31-24-41(37(2,3)4)23-30(31)26-10-12-27(38)13-11-26/h10-13,25,28-33H,6-9,14-24H2,1-5H3/t25-,28+,29-,30-,31+,32-,33+/m0/s1. The molecule has 0 N–H and O–H groups in total. The minimum absolute atomic E-state index is 0.0121. The number of carbonyl (C=O) groups excluding carboxylic acids is 3. The third-order valence-electron chi connectivity index (χ3n) is 11.8. The Morgan fingerprint density at radius 2 is 1.55 bits per heavy atom. The van der Waals surface area contributed by atoms with Gasteiger partial charge in [-0.25, -0.2) is 0 Å². The number of halogens is 1. The van der Waals surface area contributed by atoms with E-state index in [0.717, 1.165) is 63.7 Å². The highest BCUT2D eigenvalue weighted by Gasteiger charge is 2.51. The molecule has 1 aromatic rings. The molecule has 0 aromatic heterocycles. The minimum atomic E-state index is -0.576. The van der Waals surface area contributed by atoms with Crippen LogP contribution in [0.4, 0.5) is 0 Å². The lowest BCUT2D eigenvalue weighted by Crippen LogP contribution is -2.54. The summed E-state index contributed by atoms with van der Waals surface area (Å²) in [7, 11) is 2.08. The van der Waals surface area contributed by atoms with E-state index in [0.29, 0.717) is 50.1 Å². The van der Waals surface area contributed by atoms with Crippen LogP contribution in [0.1, 0.15) is 84.1 Å². The van der Waals surface area contributed by atoms with Crippen molar-refractivity contribution >= 4 is 29.3 Å². The second-order valence-electron chi connectivity index (χ2n) is 16.0. The number of likely N-dealkylation sites (N-methyl/N-ethyl adjacent to an activating group) is 1. The highest BCUT2D eigenvalue weighted by molar-refractivity contribution is 6.30. The molecule has 4 heterocycles. The van der Waals surface area contributed by atoms with Crippen molar-refractivity contribution in [2.75, 3.05) is 59.5 Å². The van der Waals surface area contributed by atoms with E-state index in [4.69, 9.17) is 16.3 Å². The van der Waals surface area contributed by atoms with Crippen molar-refractivity contribution in [3.05, 3.63) is 34.9 Å². The van der Waals surface area contributed by atoms with Gasteiger partial charge in [-0.3, -0.25) is 19.3 Å². The molecule has 47 heavy (non-hydrogen) atoms. The van der Waals surface area contributed by atoms with Gasteiger partial charge in [0.05, 0.1) is 12.0 Å². The van der Waals surface area contributed by atoms with E-state index < -0.39 is 12.1 Å². The predicted molar refractivity (Wildman–Crippen MR) is 184 cm³/mol. The van der Waals surface area contributed by atoms with Gasteiger partial charge in [0, 0.05) is 74.9 Å². The van der Waals surface area contributed by atoms with Crippen LogP contribution in [0.3, 0.4) is 0 Å². The van der Waals surface area contributed by atoms with E-state index in [2.05, 4.69) is 49.4 Å². The summed E-state index contributed by atoms with van der Waals surface area (Å²) in [5.74, 6) is 0.470. The van der Waals surface area contributed by atoms with Crippen molar-refractivity contribution in [3.63, 3.8) is 0 Å². The number of nitrogens with zero attached hydrogens (tertiary/aromatic N) is 5. The molecule has 4 saturated heterocycles. The Hall–Kier alpha value is -2.20. The Morgan fingerprint density at radius 3 is 2.17 bits per heavy atom. The number of hydrogen-bond donors (Lipinski definition) is 0. The monoisotopic (exact) mass is 669 g/mol. The smallest absolute Gasteiger partial charge is 0.252 e. The van der Waals surface area contributed by atoms with E-state index in [1.165, 1.54) is 0 Å². The molecule has 10 heteroatoms. The SMILES string of the molecule is CN1CCN(C(=O)[C@@H]2C[C@H](N(C(=O)[C@H]3CCCO3)[C@H]3CC[C@@H](C)CC3)CN2C(=O)[C@@H]2CN(C(C)(C)C)C[C@H]2c2ccc(Cl)cc2)CC1. The Bertz CT molecular complexity index is 1260. The van der Waals surface area contributed by atoms with E-state index in [1.54, 1.807) is 0 Å². The van der Waals surface area contributed by atoms with Gasteiger partial charge in [0.15, 0.2) is 0 Å². The largest absolute Gasteiger partial charge is 0.368 e. The summed E-state index contributed by atoms with van der Waals surface area (Å²) in [6.45, 7) is 14.3. The highest BCUT2D eigenvalue weighted by Crippen LogP contribution is 2.40. The molecule has 260 valence electrons. The average Bonchev–Trinajstić information content (AvgIpc) is 3.83. The molecule has 6 rings (SSSR count). The molecule has 1 saturated carbocycles. The lowest BCUT2D eigenvalue weighted by atomic mass is 9.85. The van der Waals surface area contributed by atoms with Gasteiger partial charge in [-0.1, -0.05) is 30.7 Å². The van der Waals surface area contributed by atoms with Crippen LogP contribution in [-0.2, 0) is 19.1 Å². The van der Waals surface area contributed by atoms with Crippen LogP contribution in [0.25, 0.3) is 0 Å². The maximum atomic E-state index is 15.0. The van der Waals surface area contributed by atoms with Crippen LogP contribution in [-0.4, -0.2) is 131 Å². The van der Waals surface area contributed by atoms with Crippen LogP contribution < -0.4 is 0 Å². The van der Waals surface area contributed by atoms with E-state index in [-0.39, 0.29) is 47.2 Å². The summed E-state index contributed by atoms with van der Waals surface area (Å²) in [5.41, 5.74) is 0.994. The quantitative estimate of drug-likeness (QED) is 0.445. The number of amides is 3. The molecule has 1 aliphatic carbocycles. The summed E-state index contributed by atoms with van der Waals surface area (Å²) in [6.07, 6.45) is 5.80. The molecule has 4 aliphatic heterocycles. The molecule has 0 radical (unpaired) electrons. The summed E-state index contributed by atoms with van der Waals surface area (Å²) in [6, 6.07) is 7.24. The molecule has 0 bridgehead atoms. The van der Waals surface area contributed by atoms with Gasteiger partial charge in [0.1, 0.15) is 12.1 Å². The lowest BCUT2D eigenvalue weighted by Gasteiger charge is -2.41. The number of rotatable bonds is 6. The van der Waals surface area contributed by atoms with E-state index >= 15 is 4.79 Å². The lowest BCUT2D eigenvalue weighted by molar-refractivity contribution is -0.148. The number of carbonyl (C=O) groups is 3. The van der Waals surface area contributed by atoms with Gasteiger partial charge in [-0.2, -0.15) is 0 Å². The van der Waals surface area contributed by atoms with Crippen LogP contribution in [0, 0.1) is 11.8 Å². The number of piperazine rings is 1. The van der Waals surface area contributed by atoms with Crippen molar-refractivity contribution in [1.29, 1.82) is 0 Å². The zero-order chi connectivity index (χ0) is 33.5. The third-order valence-corrected chi connectivity index (χ3v) is 12.0. The van der Waals surface area contributed by atoms with E-state index in [9.17, 15) is 9.59 Å². The average molecular weight is 670 g/mol. The molecule has 9 nitrogen and oxygen atoms in total. The first-order valence-electron chi connectivity index (χ1n) is 18.1. The van der Waals surface area contributed by atoms with Crippen molar-refractivity contribution in [2.24, 2.45) is 11.8 Å². The maximum Gasteiger partial charge on any atom is 0.252 e. The van der Waals surface area contributed by atoms with Gasteiger partial charge in [0.25, 0.3) is 5.91 Å². The first kappa shape index (κ1) is 34.7. The first-order chi connectivity index (χ1) is 22.4. The Kier molecular flexibility index (Phi) is 10.6. The minimum Gasteiger partial charge on any atom is -0.368 e. The molecule has 3 amide bonds. The summed E-state index contributed by atoms with van der Waals surface area (Å²) >= 11 is 6.28. The van der Waals surface area contributed by atoms with Gasteiger partial charge < -0.3 is 24.3 Å². The van der Waals surface area contributed by atoms with Crippen molar-refractivity contribution in [2.45, 2.75) is 108 Å². The van der Waals surface area contributed by atoms with Crippen LogP contribution in [0.2, 0.25) is 5.02 Å². The third kappa shape index (κ3) is 7.53. The number of ether oxygens (including phenoxy) is 1. The normalized spacial score (nSPS) is 32.6. The number of benzene rings is 1. The summed E-state index contributed by atoms with van der Waals surface area (Å²) in [5, 5.41) is 0.677. The zero-order valence-electron chi connectivity index (χ0n) is 29.2. The molecular formula is C37H56ClN5O4. The van der Waals surface area contributed by atoms with Crippen LogP contribution in [0.5, 0.6) is 0 Å². The van der Waals surface area contributed by atoms with Crippen molar-refractivity contribution in [1.82, 2.24) is 24.5 Å². The van der Waals surface area contributed by atoms with Crippen molar-refractivity contribution < 1.29 is 19.1 Å². The second-order valence-corrected chi connectivity index (χ2v) is 16.5. The topological polar surface area (TPSA) is 76.6 Å². The molecule has 5 aliphatic rings. The first-order valence-corrected chi connectivity index (χ1v) is 18.5. The summed E-state index contributed by atoms with van der Waals surface area (Å²) in [4.78, 5) is 54.3. The molecule has 0 spiro atoms. The zero-order valence-corrected chi connectivity index (χ0v) is 30.0. The Balaban J connectivity index is 1.32. The molecular weight excluding hydrogens is 614 g/mol. The summed E-state index contributed by atoms with van der Waals surface area (Å²) < 4.78 is 5.95. The van der Waals surface area contributed by atoms with Gasteiger partial charge in [-0.15, -0.1) is 0 Å². The Morgan fingerprint density at radius 1 is 0.872 bits per heavy atom. The Labute approximate surface area is 286 Å². The molecule has 1 aromatic carbocycles. The van der Waals surface area contributed by atoms with Gasteiger partial charge in [0.2, 0.25) is 11.8 Å². The molecule has 5 atom stereocenters. The fourth-order valence-corrected chi connectivity index (χ4v) is 8.84. The second kappa shape index (κ2) is 14.3. The fourth-order valence-electron chi connectivity index (χ4n) is 8.71. The van der Waals surface area contributed by atoms with E-state index in [1.807, 2.05) is 34.1 Å². The highest BCUT2D eigenvalue weighted by atomic mass is 35.5. The fraction of sp³-hybridized carbons (Fsp3) is 0.757. The van der Waals surface area contributed by atoms with Crippen LogP contribution in [0.15, 0.2) is 24.3 Å². The van der Waals surface area contributed by atoms with Crippen molar-refractivity contribution in [3.8, 4) is 0 Å². The number of hydrogen-bond acceptors (Lipinski definition) is 6. The number of likely N-dealkylation sites (tertiary alicyclic amines) is 2. The van der Waals surface area contributed by atoms with Gasteiger partial charge in [-0.05, 0) is 96.4 Å². The van der Waals surface area contributed by atoms with Gasteiger partial charge >= 0.3 is 0 Å². The molecule has 0 unspecified atom stereocenters. The van der Waals surface area contributed by atoms with Crippen LogP contribution >= 0.6 is 11.6 Å².